The Bertz CT molecular complexity index is 770. The molecule has 3 aromatic carbocycles. The molecule has 0 aliphatic rings. The van der Waals surface area contributed by atoms with Gasteiger partial charge in [-0.25, -0.2) is 0 Å². The molecule has 0 radical (unpaired) electrons. The molecule has 0 aliphatic carbocycles. The van der Waals surface area contributed by atoms with Crippen molar-refractivity contribution in [2.75, 3.05) is 5.32 Å². The molecule has 1 N–H and O–H groups in total. The lowest BCUT2D eigenvalue weighted by Gasteiger charge is -2.06. The maximum absolute atomic E-state index is 12.2. The predicted molar refractivity (Wildman–Crippen MR) is 102 cm³/mol. The van der Waals surface area contributed by atoms with Gasteiger partial charge in [0.25, 0.3) is 5.91 Å². The largest absolute Gasteiger partial charge is 0.322 e. The molecule has 2 nitrogen and oxygen atoms in total. The van der Waals surface area contributed by atoms with E-state index in [1.807, 2.05) is 72.4 Å². The van der Waals surface area contributed by atoms with Crippen LogP contribution in [0.2, 0.25) is 0 Å². The summed E-state index contributed by atoms with van der Waals surface area (Å²) in [7, 11) is 0. The van der Waals surface area contributed by atoms with Crippen LogP contribution in [0.4, 0.5) is 5.69 Å². The Morgan fingerprint density at radius 2 is 1.25 bits per heavy atom. The number of thioether (sulfide) groups is 1. The fraction of sp³-hybridized carbons (Fsp3) is 0.0952. The van der Waals surface area contributed by atoms with Crippen molar-refractivity contribution < 1.29 is 4.79 Å². The van der Waals surface area contributed by atoms with Gasteiger partial charge in [-0.15, -0.1) is 0 Å². The van der Waals surface area contributed by atoms with Crippen molar-refractivity contribution in [3.63, 3.8) is 0 Å². The van der Waals surface area contributed by atoms with Gasteiger partial charge in [0.2, 0.25) is 0 Å². The molecule has 0 heterocycles. The minimum atomic E-state index is -0.0790. The van der Waals surface area contributed by atoms with Gasteiger partial charge in [0.05, 0.1) is 0 Å². The lowest BCUT2D eigenvalue weighted by atomic mass is 10.1. The molecule has 0 saturated carbocycles. The lowest BCUT2D eigenvalue weighted by Crippen LogP contribution is -2.11. The number of anilines is 1. The number of para-hydroxylation sites is 1. The molecule has 3 aromatic rings. The summed E-state index contributed by atoms with van der Waals surface area (Å²) >= 11 is 1.88. The van der Waals surface area contributed by atoms with Crippen LogP contribution in [-0.4, -0.2) is 5.91 Å². The fourth-order valence-corrected chi connectivity index (χ4v) is 3.30. The van der Waals surface area contributed by atoms with Crippen LogP contribution >= 0.6 is 11.8 Å². The van der Waals surface area contributed by atoms with E-state index >= 15 is 0 Å². The summed E-state index contributed by atoms with van der Waals surface area (Å²) < 4.78 is 0. The van der Waals surface area contributed by atoms with Crippen LogP contribution in [-0.2, 0) is 11.5 Å². The van der Waals surface area contributed by atoms with Crippen molar-refractivity contribution in [1.82, 2.24) is 0 Å². The molecule has 0 aromatic heterocycles. The number of benzene rings is 3. The van der Waals surface area contributed by atoms with Crippen LogP contribution in [0.3, 0.4) is 0 Å². The van der Waals surface area contributed by atoms with Gasteiger partial charge in [-0.2, -0.15) is 11.8 Å². The summed E-state index contributed by atoms with van der Waals surface area (Å²) in [6.07, 6.45) is 0. The zero-order valence-corrected chi connectivity index (χ0v) is 14.1. The second kappa shape index (κ2) is 8.37. The summed E-state index contributed by atoms with van der Waals surface area (Å²) in [6, 6.07) is 27.8. The number of carbonyl (C=O) groups excluding carboxylic acids is 1. The summed E-state index contributed by atoms with van der Waals surface area (Å²) in [4.78, 5) is 12.2. The van der Waals surface area contributed by atoms with Gasteiger partial charge in [0, 0.05) is 22.8 Å². The number of amides is 1. The van der Waals surface area contributed by atoms with Crippen LogP contribution < -0.4 is 5.32 Å². The average Bonchev–Trinajstić information content (AvgIpc) is 2.64. The number of rotatable bonds is 6. The molecule has 0 atom stereocenters. The smallest absolute Gasteiger partial charge is 0.255 e. The lowest BCUT2D eigenvalue weighted by molar-refractivity contribution is 0.102. The van der Waals surface area contributed by atoms with Crippen molar-refractivity contribution in [3.8, 4) is 0 Å². The van der Waals surface area contributed by atoms with Crippen LogP contribution in [0, 0.1) is 0 Å². The van der Waals surface area contributed by atoms with Crippen LogP contribution in [0.15, 0.2) is 84.9 Å². The average molecular weight is 333 g/mol. The van der Waals surface area contributed by atoms with Gasteiger partial charge in [0.1, 0.15) is 0 Å². The Labute approximate surface area is 146 Å². The molecule has 3 heteroatoms. The summed E-state index contributed by atoms with van der Waals surface area (Å²) in [5.41, 5.74) is 4.05. The number of hydrogen-bond donors (Lipinski definition) is 1. The molecular weight excluding hydrogens is 314 g/mol. The maximum Gasteiger partial charge on any atom is 0.255 e. The number of hydrogen-bond acceptors (Lipinski definition) is 2. The third kappa shape index (κ3) is 4.74. The van der Waals surface area contributed by atoms with Gasteiger partial charge < -0.3 is 5.32 Å². The normalized spacial score (nSPS) is 10.3. The van der Waals surface area contributed by atoms with E-state index in [2.05, 4.69) is 29.6 Å². The van der Waals surface area contributed by atoms with E-state index in [1.165, 1.54) is 11.1 Å². The standard InChI is InChI=1S/C21H19NOS/c23-21(22-20-9-5-2-6-10-20)19-13-11-18(12-14-19)16-24-15-17-7-3-1-4-8-17/h1-14H,15-16H2,(H,22,23). The van der Waals surface area contributed by atoms with E-state index < -0.39 is 0 Å². The molecule has 3 rings (SSSR count). The SMILES string of the molecule is O=C(Nc1ccccc1)c1ccc(CSCc2ccccc2)cc1. The van der Waals surface area contributed by atoms with Crippen LogP contribution in [0.1, 0.15) is 21.5 Å². The third-order valence-electron chi connectivity index (χ3n) is 3.63. The third-order valence-corrected chi connectivity index (χ3v) is 4.70. The zero-order valence-electron chi connectivity index (χ0n) is 13.3. The van der Waals surface area contributed by atoms with Gasteiger partial charge in [-0.3, -0.25) is 4.79 Å². The van der Waals surface area contributed by atoms with Crippen molar-refractivity contribution in [1.29, 1.82) is 0 Å². The minimum absolute atomic E-state index is 0.0790. The maximum atomic E-state index is 12.2. The number of nitrogens with one attached hydrogen (secondary N) is 1. The Hall–Kier alpha value is -2.52. The van der Waals surface area contributed by atoms with Gasteiger partial charge in [-0.1, -0.05) is 60.7 Å². The Morgan fingerprint density at radius 1 is 0.708 bits per heavy atom. The predicted octanol–water partition coefficient (Wildman–Crippen LogP) is 5.37. The molecule has 0 spiro atoms. The Balaban J connectivity index is 1.52. The topological polar surface area (TPSA) is 29.1 Å². The first kappa shape index (κ1) is 16.3. The molecule has 0 saturated heterocycles. The highest BCUT2D eigenvalue weighted by atomic mass is 32.2. The highest BCUT2D eigenvalue weighted by Gasteiger charge is 2.05. The molecule has 24 heavy (non-hydrogen) atoms. The molecule has 0 fully saturated rings. The van der Waals surface area contributed by atoms with E-state index in [4.69, 9.17) is 0 Å². The molecule has 0 aliphatic heterocycles. The van der Waals surface area contributed by atoms with E-state index in [9.17, 15) is 4.79 Å². The Morgan fingerprint density at radius 3 is 1.88 bits per heavy atom. The summed E-state index contributed by atoms with van der Waals surface area (Å²) in [5, 5.41) is 2.90. The van der Waals surface area contributed by atoms with Crippen molar-refractivity contribution in [2.24, 2.45) is 0 Å². The second-order valence-corrected chi connectivity index (χ2v) is 6.48. The van der Waals surface area contributed by atoms with E-state index in [0.29, 0.717) is 5.56 Å². The monoisotopic (exact) mass is 333 g/mol. The summed E-state index contributed by atoms with van der Waals surface area (Å²) in [6.45, 7) is 0. The summed E-state index contributed by atoms with van der Waals surface area (Å²) in [5.74, 6) is 1.86. The zero-order chi connectivity index (χ0) is 16.6. The number of carbonyl (C=O) groups is 1. The molecular formula is C21H19NOS. The molecule has 0 bridgehead atoms. The first-order chi connectivity index (χ1) is 11.8. The first-order valence-electron chi connectivity index (χ1n) is 7.88. The van der Waals surface area contributed by atoms with E-state index in [0.717, 1.165) is 17.2 Å². The highest BCUT2D eigenvalue weighted by molar-refractivity contribution is 7.97. The van der Waals surface area contributed by atoms with Crippen molar-refractivity contribution in [3.05, 3.63) is 102 Å². The fourth-order valence-electron chi connectivity index (χ4n) is 2.34. The van der Waals surface area contributed by atoms with Crippen molar-refractivity contribution in [2.45, 2.75) is 11.5 Å². The van der Waals surface area contributed by atoms with Gasteiger partial charge >= 0.3 is 0 Å². The van der Waals surface area contributed by atoms with Crippen molar-refractivity contribution >= 4 is 23.4 Å². The first-order valence-corrected chi connectivity index (χ1v) is 9.04. The van der Waals surface area contributed by atoms with Gasteiger partial charge in [-0.05, 0) is 35.4 Å². The Kier molecular flexibility index (Phi) is 5.70. The second-order valence-electron chi connectivity index (χ2n) is 5.50. The van der Waals surface area contributed by atoms with Crippen LogP contribution in [0.25, 0.3) is 0 Å². The van der Waals surface area contributed by atoms with E-state index in [1.54, 1.807) is 0 Å². The van der Waals surface area contributed by atoms with Crippen LogP contribution in [0.5, 0.6) is 0 Å². The quantitative estimate of drug-likeness (QED) is 0.657. The van der Waals surface area contributed by atoms with Gasteiger partial charge in [0.15, 0.2) is 0 Å². The molecule has 1 amide bonds. The molecule has 0 unspecified atom stereocenters. The highest BCUT2D eigenvalue weighted by Crippen LogP contribution is 2.18. The minimum Gasteiger partial charge on any atom is -0.322 e. The molecule has 120 valence electrons. The van der Waals surface area contributed by atoms with E-state index in [-0.39, 0.29) is 5.91 Å².